The fourth-order valence-corrected chi connectivity index (χ4v) is 2.31. The summed E-state index contributed by atoms with van der Waals surface area (Å²) in [5.41, 5.74) is 0.831. The fourth-order valence-electron chi connectivity index (χ4n) is 2.31. The molecule has 0 aliphatic heterocycles. The molecule has 2 rings (SSSR count). The van der Waals surface area contributed by atoms with Crippen molar-refractivity contribution in [2.75, 3.05) is 39.3 Å². The third-order valence-electron chi connectivity index (χ3n) is 3.69. The summed E-state index contributed by atoms with van der Waals surface area (Å²) < 4.78 is 15.5. The van der Waals surface area contributed by atoms with Crippen LogP contribution in [-0.4, -0.2) is 45.8 Å². The lowest BCUT2D eigenvalue weighted by molar-refractivity contribution is -0.118. The Morgan fingerprint density at radius 2 is 1.67 bits per heavy atom. The maximum absolute atomic E-state index is 12.3. The van der Waals surface area contributed by atoms with Crippen molar-refractivity contribution >= 4 is 17.5 Å². The molecule has 27 heavy (non-hydrogen) atoms. The molecule has 0 atom stereocenters. The van der Waals surface area contributed by atoms with E-state index >= 15 is 0 Å². The molecular weight excluding hydrogens is 348 g/mol. The van der Waals surface area contributed by atoms with Gasteiger partial charge in [-0.3, -0.25) is 9.59 Å². The number of nitrogens with one attached hydrogen (secondary N) is 2. The molecule has 7 heteroatoms. The molecule has 0 spiro atoms. The van der Waals surface area contributed by atoms with Gasteiger partial charge in [0.25, 0.3) is 11.8 Å². The molecule has 0 fully saturated rings. The molecule has 0 radical (unpaired) electrons. The first-order valence-corrected chi connectivity index (χ1v) is 8.57. The fraction of sp³-hybridized carbons (Fsp3) is 0.300. The van der Waals surface area contributed by atoms with Gasteiger partial charge >= 0.3 is 0 Å². The highest BCUT2D eigenvalue weighted by Gasteiger charge is 2.13. The largest absolute Gasteiger partial charge is 0.497 e. The van der Waals surface area contributed by atoms with Crippen LogP contribution in [0, 0.1) is 0 Å². The van der Waals surface area contributed by atoms with Crippen LogP contribution >= 0.6 is 0 Å². The van der Waals surface area contributed by atoms with Crippen LogP contribution in [-0.2, 0) is 9.53 Å². The molecule has 7 nitrogen and oxygen atoms in total. The molecule has 0 aliphatic carbocycles. The van der Waals surface area contributed by atoms with Crippen molar-refractivity contribution in [1.82, 2.24) is 5.32 Å². The second kappa shape index (κ2) is 10.8. The zero-order chi connectivity index (χ0) is 19.5. The average molecular weight is 372 g/mol. The lowest BCUT2D eigenvalue weighted by Crippen LogP contribution is -2.27. The summed E-state index contributed by atoms with van der Waals surface area (Å²) >= 11 is 0. The molecule has 0 heterocycles. The maximum atomic E-state index is 12.3. The van der Waals surface area contributed by atoms with E-state index in [4.69, 9.17) is 14.2 Å². The average Bonchev–Trinajstić information content (AvgIpc) is 2.70. The van der Waals surface area contributed by atoms with Crippen LogP contribution in [0.3, 0.4) is 0 Å². The number of rotatable bonds is 10. The number of methoxy groups -OCH3 is 2. The Balaban J connectivity index is 1.89. The minimum atomic E-state index is -0.356. The van der Waals surface area contributed by atoms with Crippen molar-refractivity contribution in [3.8, 4) is 11.5 Å². The van der Waals surface area contributed by atoms with Crippen molar-refractivity contribution in [2.45, 2.75) is 6.42 Å². The van der Waals surface area contributed by atoms with Gasteiger partial charge in [0, 0.05) is 20.3 Å². The first kappa shape index (κ1) is 20.3. The molecule has 0 aromatic heterocycles. The Bertz CT molecular complexity index is 746. The van der Waals surface area contributed by atoms with Gasteiger partial charge in [0.2, 0.25) is 0 Å². The highest BCUT2D eigenvalue weighted by atomic mass is 16.5. The maximum Gasteiger partial charge on any atom is 0.262 e. The normalized spacial score (nSPS) is 10.1. The molecule has 0 aliphatic rings. The lowest BCUT2D eigenvalue weighted by atomic mass is 10.1. The number of carbonyl (C=O) groups is 2. The Morgan fingerprint density at radius 1 is 0.963 bits per heavy atom. The molecule has 0 unspecified atom stereocenters. The summed E-state index contributed by atoms with van der Waals surface area (Å²) in [6.07, 6.45) is 0.715. The summed E-state index contributed by atoms with van der Waals surface area (Å²) in [4.78, 5) is 24.5. The van der Waals surface area contributed by atoms with E-state index in [1.807, 2.05) is 0 Å². The number of anilines is 1. The molecule has 0 bridgehead atoms. The third-order valence-corrected chi connectivity index (χ3v) is 3.69. The number of hydrogen-bond donors (Lipinski definition) is 2. The molecule has 0 saturated heterocycles. The van der Waals surface area contributed by atoms with E-state index in [9.17, 15) is 9.59 Å². The standard InChI is InChI=1S/C20H24N2O5/c1-25-13-5-12-21-20(24)17-6-3-4-7-18(17)22-19(23)14-27-16-10-8-15(26-2)9-11-16/h3-4,6-11H,5,12-14H2,1-2H3,(H,21,24)(H,22,23). The number of hydrogen-bond acceptors (Lipinski definition) is 5. The molecule has 144 valence electrons. The predicted molar refractivity (Wildman–Crippen MR) is 102 cm³/mol. The molecule has 2 amide bonds. The van der Waals surface area contributed by atoms with E-state index in [2.05, 4.69) is 10.6 Å². The summed E-state index contributed by atoms with van der Waals surface area (Å²) in [7, 11) is 3.19. The van der Waals surface area contributed by atoms with Gasteiger partial charge in [0.1, 0.15) is 11.5 Å². The van der Waals surface area contributed by atoms with Gasteiger partial charge in [-0.2, -0.15) is 0 Å². The number of ether oxygens (including phenoxy) is 3. The van der Waals surface area contributed by atoms with Gasteiger partial charge in [-0.15, -0.1) is 0 Å². The number of para-hydroxylation sites is 1. The predicted octanol–water partition coefficient (Wildman–Crippen LogP) is 2.48. The second-order valence-corrected chi connectivity index (χ2v) is 5.66. The first-order chi connectivity index (χ1) is 13.1. The van der Waals surface area contributed by atoms with Gasteiger partial charge in [-0.25, -0.2) is 0 Å². The highest BCUT2D eigenvalue weighted by molar-refractivity contribution is 6.04. The van der Waals surface area contributed by atoms with Crippen molar-refractivity contribution in [3.63, 3.8) is 0 Å². The van der Waals surface area contributed by atoms with Crippen molar-refractivity contribution in [1.29, 1.82) is 0 Å². The van der Waals surface area contributed by atoms with Gasteiger partial charge in [-0.05, 0) is 42.8 Å². The molecular formula is C20H24N2O5. The molecule has 2 N–H and O–H groups in total. The zero-order valence-corrected chi connectivity index (χ0v) is 15.5. The highest BCUT2D eigenvalue weighted by Crippen LogP contribution is 2.18. The monoisotopic (exact) mass is 372 g/mol. The minimum absolute atomic E-state index is 0.171. The van der Waals surface area contributed by atoms with Gasteiger partial charge in [0.05, 0.1) is 18.4 Å². The van der Waals surface area contributed by atoms with Crippen molar-refractivity contribution in [3.05, 3.63) is 54.1 Å². The van der Waals surface area contributed by atoms with Gasteiger partial charge in [-0.1, -0.05) is 12.1 Å². The summed E-state index contributed by atoms with van der Waals surface area (Å²) in [6.45, 7) is 0.896. The van der Waals surface area contributed by atoms with Crippen LogP contribution in [0.1, 0.15) is 16.8 Å². The summed E-state index contributed by atoms with van der Waals surface area (Å²) in [5.74, 6) is 0.649. The summed E-state index contributed by atoms with van der Waals surface area (Å²) in [6, 6.07) is 13.8. The van der Waals surface area contributed by atoms with Crippen LogP contribution in [0.5, 0.6) is 11.5 Å². The quantitative estimate of drug-likeness (QED) is 0.626. The lowest BCUT2D eigenvalue weighted by Gasteiger charge is -2.12. The smallest absolute Gasteiger partial charge is 0.262 e. The third kappa shape index (κ3) is 6.63. The molecule has 0 saturated carbocycles. The minimum Gasteiger partial charge on any atom is -0.497 e. The Hall–Kier alpha value is -3.06. The number of carbonyl (C=O) groups excluding carboxylic acids is 2. The molecule has 2 aromatic carbocycles. The zero-order valence-electron chi connectivity index (χ0n) is 15.5. The SMILES string of the molecule is COCCCNC(=O)c1ccccc1NC(=O)COc1ccc(OC)cc1. The molecule has 2 aromatic rings. The van der Waals surface area contributed by atoms with Crippen LogP contribution in [0.2, 0.25) is 0 Å². The van der Waals surface area contributed by atoms with Crippen LogP contribution < -0.4 is 20.1 Å². The topological polar surface area (TPSA) is 85.9 Å². The second-order valence-electron chi connectivity index (χ2n) is 5.66. The number of benzene rings is 2. The van der Waals surface area contributed by atoms with Gasteiger partial charge in [0.15, 0.2) is 6.61 Å². The van der Waals surface area contributed by atoms with E-state index in [-0.39, 0.29) is 18.4 Å². The van der Waals surface area contributed by atoms with E-state index in [1.54, 1.807) is 62.8 Å². The van der Waals surface area contributed by atoms with Crippen LogP contribution in [0.25, 0.3) is 0 Å². The Morgan fingerprint density at radius 3 is 2.37 bits per heavy atom. The van der Waals surface area contributed by atoms with Gasteiger partial charge < -0.3 is 24.8 Å². The van der Waals surface area contributed by atoms with E-state index < -0.39 is 0 Å². The number of amides is 2. The van der Waals surface area contributed by atoms with Crippen LogP contribution in [0.4, 0.5) is 5.69 Å². The van der Waals surface area contributed by atoms with E-state index in [1.165, 1.54) is 0 Å². The van der Waals surface area contributed by atoms with Crippen molar-refractivity contribution in [2.24, 2.45) is 0 Å². The summed E-state index contributed by atoms with van der Waals surface area (Å²) in [5, 5.41) is 5.51. The van der Waals surface area contributed by atoms with Crippen LogP contribution in [0.15, 0.2) is 48.5 Å². The van der Waals surface area contributed by atoms with E-state index in [0.717, 1.165) is 0 Å². The Kier molecular flexibility index (Phi) is 8.12. The Labute approximate surface area is 158 Å². The first-order valence-electron chi connectivity index (χ1n) is 8.57. The van der Waals surface area contributed by atoms with Crippen molar-refractivity contribution < 1.29 is 23.8 Å². The van der Waals surface area contributed by atoms with E-state index in [0.29, 0.717) is 42.3 Å².